The summed E-state index contributed by atoms with van der Waals surface area (Å²) in [6.07, 6.45) is 1.56. The summed E-state index contributed by atoms with van der Waals surface area (Å²) in [6, 6.07) is 9.20. The molecule has 3 rings (SSSR count). The van der Waals surface area contributed by atoms with E-state index in [0.717, 1.165) is 24.5 Å². The van der Waals surface area contributed by atoms with Gasteiger partial charge in [-0.05, 0) is 12.1 Å². The Bertz CT molecular complexity index is 926. The van der Waals surface area contributed by atoms with E-state index in [4.69, 9.17) is 9.47 Å². The van der Waals surface area contributed by atoms with Crippen LogP contribution in [0.25, 0.3) is 0 Å². The maximum absolute atomic E-state index is 12.9. The van der Waals surface area contributed by atoms with E-state index >= 15 is 0 Å². The van der Waals surface area contributed by atoms with Crippen LogP contribution >= 0.6 is 0 Å². The first-order valence-corrected chi connectivity index (χ1v) is 11.0. The Morgan fingerprint density at radius 1 is 1.14 bits per heavy atom. The lowest BCUT2D eigenvalue weighted by molar-refractivity contribution is -0.883. The van der Waals surface area contributed by atoms with Gasteiger partial charge in [-0.25, -0.2) is 13.4 Å². The summed E-state index contributed by atoms with van der Waals surface area (Å²) in [4.78, 5) is 6.75. The molecule has 2 aromatic rings. The monoisotopic (exact) mass is 422 g/mol. The Kier molecular flexibility index (Phi) is 6.61. The first-order chi connectivity index (χ1) is 13.9. The number of sulfonamides is 1. The number of H-pyrrole nitrogens is 1. The van der Waals surface area contributed by atoms with Crippen molar-refractivity contribution in [3.05, 3.63) is 42.1 Å². The Morgan fingerprint density at radius 2 is 1.86 bits per heavy atom. The Balaban J connectivity index is 1.75. The Morgan fingerprint density at radius 3 is 2.45 bits per heavy atom. The molecule has 1 fully saturated rings. The fourth-order valence-corrected chi connectivity index (χ4v) is 4.89. The lowest BCUT2D eigenvalue weighted by Crippen LogP contribution is -3.12. The van der Waals surface area contributed by atoms with Gasteiger partial charge in [0.05, 0.1) is 54.5 Å². The zero-order valence-electron chi connectivity index (χ0n) is 17.4. The first kappa shape index (κ1) is 21.4. The van der Waals surface area contributed by atoms with Crippen molar-refractivity contribution in [3.63, 3.8) is 0 Å². The molecule has 1 aromatic heterocycles. The second-order valence-electron chi connectivity index (χ2n) is 7.28. The van der Waals surface area contributed by atoms with Crippen LogP contribution in [0.2, 0.25) is 0 Å². The topological polar surface area (TPSA) is 77.7 Å². The number of nitrogens with one attached hydrogen (secondary N) is 2. The predicted molar refractivity (Wildman–Crippen MR) is 110 cm³/mol. The number of pyridine rings is 1. The highest BCUT2D eigenvalue weighted by Crippen LogP contribution is 2.31. The molecule has 0 radical (unpaired) electrons. The summed E-state index contributed by atoms with van der Waals surface area (Å²) >= 11 is 0. The van der Waals surface area contributed by atoms with Crippen LogP contribution in [0.3, 0.4) is 0 Å². The van der Waals surface area contributed by atoms with Gasteiger partial charge in [0.25, 0.3) is 5.82 Å². The van der Waals surface area contributed by atoms with Gasteiger partial charge in [0, 0.05) is 11.6 Å². The average Bonchev–Trinajstić information content (AvgIpc) is 2.73. The number of rotatable bonds is 7. The minimum Gasteiger partial charge on any atom is -0.493 e. The number of aromatic amines is 1. The predicted octanol–water partition coefficient (Wildman–Crippen LogP) is -0.327. The van der Waals surface area contributed by atoms with Gasteiger partial charge in [0.1, 0.15) is 17.6 Å². The quantitative estimate of drug-likeness (QED) is 0.662. The highest BCUT2D eigenvalue weighted by Gasteiger charge is 2.30. The van der Waals surface area contributed by atoms with Crippen molar-refractivity contribution in [2.75, 3.05) is 59.4 Å². The summed E-state index contributed by atoms with van der Waals surface area (Å²) in [5, 5.41) is 0. The highest BCUT2D eigenvalue weighted by atomic mass is 32.2. The van der Waals surface area contributed by atoms with Crippen LogP contribution < -0.4 is 24.3 Å². The molecule has 9 heteroatoms. The number of ether oxygens (including phenoxy) is 2. The van der Waals surface area contributed by atoms with Crippen LogP contribution in [-0.4, -0.2) is 67.2 Å². The van der Waals surface area contributed by atoms with Crippen molar-refractivity contribution in [2.45, 2.75) is 11.4 Å². The number of anilines is 1. The van der Waals surface area contributed by atoms with Gasteiger partial charge in [-0.2, -0.15) is 4.31 Å². The molecule has 1 aromatic carbocycles. The molecule has 1 aliphatic heterocycles. The summed E-state index contributed by atoms with van der Waals surface area (Å²) < 4.78 is 38.2. The number of piperazine rings is 1. The smallest absolute Gasteiger partial charge is 0.274 e. The standard InChI is InChI=1S/C20H28N4O4S/c1-22-10-12-24(13-11-22)29(25,26)17-8-9-19(21-14-17)23(2)15-16-6-5-7-18(27-3)20(16)28-4/h5-9,14H,10-13,15H2,1-4H3/p+2. The maximum Gasteiger partial charge on any atom is 0.274 e. The Labute approximate surface area is 172 Å². The molecule has 1 aliphatic rings. The molecule has 8 nitrogen and oxygen atoms in total. The molecule has 0 bridgehead atoms. The van der Waals surface area contributed by atoms with Crippen LogP contribution in [0.1, 0.15) is 5.56 Å². The number of methoxy groups -OCH3 is 2. The summed E-state index contributed by atoms with van der Waals surface area (Å²) in [5.74, 6) is 2.17. The van der Waals surface area contributed by atoms with E-state index in [9.17, 15) is 8.42 Å². The minimum atomic E-state index is -3.47. The third-order valence-electron chi connectivity index (χ3n) is 5.28. The molecule has 29 heavy (non-hydrogen) atoms. The van der Waals surface area contributed by atoms with E-state index in [1.165, 1.54) is 4.90 Å². The summed E-state index contributed by atoms with van der Waals surface area (Å²) in [7, 11) is 3.77. The highest BCUT2D eigenvalue weighted by molar-refractivity contribution is 7.89. The number of aromatic nitrogens is 1. The van der Waals surface area contributed by atoms with E-state index in [2.05, 4.69) is 12.0 Å². The van der Waals surface area contributed by atoms with Crippen LogP contribution in [0.5, 0.6) is 11.5 Å². The third-order valence-corrected chi connectivity index (χ3v) is 7.18. The summed E-state index contributed by atoms with van der Waals surface area (Å²) in [6.45, 7) is 3.32. The Hall–Kier alpha value is -2.36. The van der Waals surface area contributed by atoms with Crippen molar-refractivity contribution in [1.29, 1.82) is 0 Å². The van der Waals surface area contributed by atoms with Crippen molar-refractivity contribution in [3.8, 4) is 11.5 Å². The number of likely N-dealkylation sites (N-methyl/N-ethyl adjacent to an activating group) is 1. The minimum absolute atomic E-state index is 0.285. The van der Waals surface area contributed by atoms with E-state index < -0.39 is 10.0 Å². The maximum atomic E-state index is 12.9. The van der Waals surface area contributed by atoms with Crippen LogP contribution in [0.4, 0.5) is 5.82 Å². The number of hydrogen-bond donors (Lipinski definition) is 1. The molecule has 2 heterocycles. The SMILES string of the molecule is COc1cccc(CN(C)c2ccc(S(=O)(=O)N3CC[NH+](C)CC3)c[nH+]2)c1OC. The molecule has 0 spiro atoms. The third kappa shape index (κ3) is 4.63. The molecule has 158 valence electrons. The molecular formula is C20H30N4O4S+2. The molecule has 0 aliphatic carbocycles. The fraction of sp³-hybridized carbons (Fsp3) is 0.450. The van der Waals surface area contributed by atoms with Crippen molar-refractivity contribution in [1.82, 2.24) is 4.31 Å². The molecule has 2 N–H and O–H groups in total. The fourth-order valence-electron chi connectivity index (χ4n) is 3.48. The average molecular weight is 423 g/mol. The lowest BCUT2D eigenvalue weighted by Gasteiger charge is -2.29. The van der Waals surface area contributed by atoms with Gasteiger partial charge in [0.15, 0.2) is 11.5 Å². The van der Waals surface area contributed by atoms with Crippen molar-refractivity contribution < 1.29 is 27.8 Å². The van der Waals surface area contributed by atoms with Gasteiger partial charge >= 0.3 is 0 Å². The number of benzene rings is 1. The van der Waals surface area contributed by atoms with Crippen molar-refractivity contribution in [2.24, 2.45) is 0 Å². The molecule has 0 amide bonds. The van der Waals surface area contributed by atoms with E-state index in [-0.39, 0.29) is 4.90 Å². The lowest BCUT2D eigenvalue weighted by atomic mass is 10.1. The zero-order valence-corrected chi connectivity index (χ0v) is 18.3. The molecule has 1 saturated heterocycles. The normalized spacial score (nSPS) is 15.9. The van der Waals surface area contributed by atoms with Gasteiger partial charge in [-0.3, -0.25) is 4.90 Å². The van der Waals surface area contributed by atoms with Crippen LogP contribution in [0, 0.1) is 0 Å². The molecule has 0 saturated carbocycles. The van der Waals surface area contributed by atoms with Crippen LogP contribution in [0.15, 0.2) is 41.4 Å². The van der Waals surface area contributed by atoms with E-state index in [0.29, 0.717) is 31.1 Å². The molecule has 0 unspecified atom stereocenters. The largest absolute Gasteiger partial charge is 0.493 e. The second kappa shape index (κ2) is 8.98. The zero-order chi connectivity index (χ0) is 21.0. The first-order valence-electron chi connectivity index (χ1n) is 9.61. The number of quaternary nitrogens is 1. The second-order valence-corrected chi connectivity index (χ2v) is 9.22. The van der Waals surface area contributed by atoms with Gasteiger partial charge < -0.3 is 14.4 Å². The van der Waals surface area contributed by atoms with Gasteiger partial charge in [-0.1, -0.05) is 12.1 Å². The summed E-state index contributed by atoms with van der Waals surface area (Å²) in [5.41, 5.74) is 0.972. The van der Waals surface area contributed by atoms with Crippen LogP contribution in [-0.2, 0) is 16.6 Å². The number of hydrogen-bond acceptors (Lipinski definition) is 5. The van der Waals surface area contributed by atoms with Gasteiger partial charge in [-0.15, -0.1) is 0 Å². The van der Waals surface area contributed by atoms with Crippen molar-refractivity contribution >= 4 is 15.8 Å². The molecular weight excluding hydrogens is 392 g/mol. The van der Waals surface area contributed by atoms with E-state index in [1.807, 2.05) is 30.1 Å². The van der Waals surface area contributed by atoms with Gasteiger partial charge in [0.2, 0.25) is 10.0 Å². The number of para-hydroxylation sites is 1. The van der Waals surface area contributed by atoms with E-state index in [1.54, 1.807) is 36.9 Å². The molecule has 0 atom stereocenters. The number of nitrogens with zero attached hydrogens (tertiary/aromatic N) is 2.